The van der Waals surface area contributed by atoms with E-state index in [1.807, 2.05) is 6.07 Å². The molecule has 3 nitrogen and oxygen atoms in total. The van der Waals surface area contributed by atoms with Gasteiger partial charge in [0.05, 0.1) is 10.0 Å². The second kappa shape index (κ2) is 8.23. The van der Waals surface area contributed by atoms with Crippen molar-refractivity contribution in [3.8, 4) is 5.75 Å². The molecular weight excluding hydrogens is 307 g/mol. The second-order valence-electron chi connectivity index (χ2n) is 5.86. The lowest BCUT2D eigenvalue weighted by molar-refractivity contribution is 0.0977. The minimum absolute atomic E-state index is 0.269. The van der Waals surface area contributed by atoms with Crippen LogP contribution in [0, 0.1) is 5.92 Å². The van der Waals surface area contributed by atoms with Gasteiger partial charge in [0.1, 0.15) is 11.9 Å². The number of rotatable bonds is 6. The van der Waals surface area contributed by atoms with Crippen molar-refractivity contribution in [1.82, 2.24) is 4.90 Å². The smallest absolute Gasteiger partial charge is 0.121 e. The monoisotopic (exact) mass is 330 g/mol. The van der Waals surface area contributed by atoms with Crippen LogP contribution in [0.3, 0.4) is 0 Å². The first-order chi connectivity index (χ1) is 10.1. The average molecular weight is 331 g/mol. The molecule has 0 saturated carbocycles. The van der Waals surface area contributed by atoms with E-state index in [4.69, 9.17) is 33.7 Å². The summed E-state index contributed by atoms with van der Waals surface area (Å²) in [5.74, 6) is 1.41. The molecule has 1 aromatic rings. The summed E-state index contributed by atoms with van der Waals surface area (Å²) in [5, 5.41) is 1.11. The van der Waals surface area contributed by atoms with Crippen molar-refractivity contribution in [3.05, 3.63) is 28.2 Å². The summed E-state index contributed by atoms with van der Waals surface area (Å²) < 4.78 is 6.00. The van der Waals surface area contributed by atoms with Gasteiger partial charge in [-0.15, -0.1) is 0 Å². The fraction of sp³-hybridized carbons (Fsp3) is 0.625. The van der Waals surface area contributed by atoms with Crippen LogP contribution < -0.4 is 10.5 Å². The van der Waals surface area contributed by atoms with Crippen molar-refractivity contribution in [2.75, 3.05) is 26.2 Å². The van der Waals surface area contributed by atoms with Crippen LogP contribution in [-0.4, -0.2) is 37.2 Å². The number of piperidine rings is 1. The zero-order chi connectivity index (χ0) is 15.2. The first-order valence-corrected chi connectivity index (χ1v) is 8.38. The van der Waals surface area contributed by atoms with Gasteiger partial charge in [-0.3, -0.25) is 0 Å². The highest BCUT2D eigenvalue weighted by Crippen LogP contribution is 2.28. The number of likely N-dealkylation sites (tertiary alicyclic amines) is 1. The van der Waals surface area contributed by atoms with Crippen LogP contribution in [0.1, 0.15) is 26.2 Å². The van der Waals surface area contributed by atoms with Gasteiger partial charge in [-0.25, -0.2) is 0 Å². The van der Waals surface area contributed by atoms with Crippen LogP contribution in [0.15, 0.2) is 18.2 Å². The molecule has 1 fully saturated rings. The summed E-state index contributed by atoms with van der Waals surface area (Å²) >= 11 is 11.9. The number of hydrogen-bond donors (Lipinski definition) is 1. The van der Waals surface area contributed by atoms with E-state index in [1.54, 1.807) is 12.1 Å². The number of benzene rings is 1. The van der Waals surface area contributed by atoms with E-state index in [1.165, 1.54) is 6.42 Å². The fourth-order valence-corrected chi connectivity index (χ4v) is 2.80. The van der Waals surface area contributed by atoms with E-state index in [9.17, 15) is 0 Å². The van der Waals surface area contributed by atoms with Gasteiger partial charge in [0.25, 0.3) is 0 Å². The van der Waals surface area contributed by atoms with Crippen molar-refractivity contribution in [3.63, 3.8) is 0 Å². The molecule has 2 rings (SSSR count). The third kappa shape index (κ3) is 5.33. The second-order valence-corrected chi connectivity index (χ2v) is 6.68. The molecule has 118 valence electrons. The maximum absolute atomic E-state index is 6.01. The molecule has 2 N–H and O–H groups in total. The molecule has 1 heterocycles. The highest BCUT2D eigenvalue weighted by Gasteiger charge is 2.20. The maximum Gasteiger partial charge on any atom is 0.121 e. The molecule has 0 bridgehead atoms. The van der Waals surface area contributed by atoms with Crippen LogP contribution in [0.4, 0.5) is 0 Å². The summed E-state index contributed by atoms with van der Waals surface area (Å²) in [6.07, 6.45) is 3.55. The van der Waals surface area contributed by atoms with Crippen molar-refractivity contribution < 1.29 is 4.74 Å². The largest absolute Gasteiger partial charge is 0.490 e. The molecule has 1 unspecified atom stereocenters. The minimum atomic E-state index is 0.269. The van der Waals surface area contributed by atoms with Crippen LogP contribution in [-0.2, 0) is 0 Å². The van der Waals surface area contributed by atoms with Crippen LogP contribution >= 0.6 is 23.2 Å². The molecule has 0 spiro atoms. The SMILES string of the molecule is CC(CN)CCN1CCC(Oc2ccc(Cl)c(Cl)c2)CC1. The Balaban J connectivity index is 1.75. The number of nitrogens with two attached hydrogens (primary N) is 1. The van der Waals surface area contributed by atoms with E-state index in [0.29, 0.717) is 16.0 Å². The first kappa shape index (κ1) is 16.9. The van der Waals surface area contributed by atoms with Crippen molar-refractivity contribution in [2.24, 2.45) is 11.7 Å². The predicted octanol–water partition coefficient (Wildman–Crippen LogP) is 3.82. The van der Waals surface area contributed by atoms with Gasteiger partial charge >= 0.3 is 0 Å². The minimum Gasteiger partial charge on any atom is -0.490 e. The molecular formula is C16H24Cl2N2O. The zero-order valence-electron chi connectivity index (χ0n) is 12.5. The Kier molecular flexibility index (Phi) is 6.62. The van der Waals surface area contributed by atoms with Gasteiger partial charge < -0.3 is 15.4 Å². The number of hydrogen-bond acceptors (Lipinski definition) is 3. The molecule has 0 aliphatic carbocycles. The summed E-state index contributed by atoms with van der Waals surface area (Å²) in [6, 6.07) is 5.45. The third-order valence-corrected chi connectivity index (χ3v) is 4.81. The normalized spacial score (nSPS) is 18.7. The van der Waals surface area contributed by atoms with Gasteiger partial charge in [0, 0.05) is 19.2 Å². The molecule has 1 aliphatic rings. The molecule has 0 aromatic heterocycles. The van der Waals surface area contributed by atoms with E-state index >= 15 is 0 Å². The summed E-state index contributed by atoms with van der Waals surface area (Å²) in [4.78, 5) is 2.50. The van der Waals surface area contributed by atoms with Crippen LogP contribution in [0.5, 0.6) is 5.75 Å². The Morgan fingerprint density at radius 3 is 2.62 bits per heavy atom. The van der Waals surface area contributed by atoms with E-state index in [-0.39, 0.29) is 6.10 Å². The summed E-state index contributed by atoms with van der Waals surface area (Å²) in [7, 11) is 0. The zero-order valence-corrected chi connectivity index (χ0v) is 14.0. The van der Waals surface area contributed by atoms with Crippen LogP contribution in [0.2, 0.25) is 10.0 Å². The predicted molar refractivity (Wildman–Crippen MR) is 89.4 cm³/mol. The number of nitrogens with zero attached hydrogens (tertiary/aromatic N) is 1. The first-order valence-electron chi connectivity index (χ1n) is 7.62. The highest BCUT2D eigenvalue weighted by atomic mass is 35.5. The highest BCUT2D eigenvalue weighted by molar-refractivity contribution is 6.42. The summed E-state index contributed by atoms with van der Waals surface area (Å²) in [5.41, 5.74) is 5.66. The molecule has 0 amide bonds. The Morgan fingerprint density at radius 2 is 2.00 bits per heavy atom. The Morgan fingerprint density at radius 1 is 1.29 bits per heavy atom. The van der Waals surface area contributed by atoms with Gasteiger partial charge in [-0.05, 0) is 50.4 Å². The molecule has 1 aromatic carbocycles. The fourth-order valence-electron chi connectivity index (χ4n) is 2.51. The van der Waals surface area contributed by atoms with E-state index in [2.05, 4.69) is 11.8 Å². The molecule has 21 heavy (non-hydrogen) atoms. The lowest BCUT2D eigenvalue weighted by Gasteiger charge is -2.32. The van der Waals surface area contributed by atoms with Crippen molar-refractivity contribution in [2.45, 2.75) is 32.3 Å². The summed E-state index contributed by atoms with van der Waals surface area (Å²) in [6.45, 7) is 6.29. The van der Waals surface area contributed by atoms with Gasteiger partial charge in [0.2, 0.25) is 0 Å². The van der Waals surface area contributed by atoms with E-state index < -0.39 is 0 Å². The van der Waals surface area contributed by atoms with E-state index in [0.717, 1.165) is 44.8 Å². The lowest BCUT2D eigenvalue weighted by Crippen LogP contribution is -2.39. The lowest BCUT2D eigenvalue weighted by atomic mass is 10.0. The van der Waals surface area contributed by atoms with Gasteiger partial charge in [-0.2, -0.15) is 0 Å². The molecule has 1 atom stereocenters. The quantitative estimate of drug-likeness (QED) is 0.861. The van der Waals surface area contributed by atoms with Gasteiger partial charge in [-0.1, -0.05) is 30.1 Å². The molecule has 1 aliphatic heterocycles. The number of halogens is 2. The molecule has 0 radical (unpaired) electrons. The van der Waals surface area contributed by atoms with Crippen LogP contribution in [0.25, 0.3) is 0 Å². The molecule has 5 heteroatoms. The van der Waals surface area contributed by atoms with Gasteiger partial charge in [0.15, 0.2) is 0 Å². The Hall–Kier alpha value is -0.480. The average Bonchev–Trinajstić information content (AvgIpc) is 2.50. The Labute approximate surface area is 137 Å². The van der Waals surface area contributed by atoms with Crippen molar-refractivity contribution in [1.29, 1.82) is 0 Å². The Bertz CT molecular complexity index is 448. The molecule has 1 saturated heterocycles. The standard InChI is InChI=1S/C16H24Cl2N2O/c1-12(11-19)4-7-20-8-5-13(6-9-20)21-14-2-3-15(17)16(18)10-14/h2-3,10,12-13H,4-9,11,19H2,1H3. The van der Waals surface area contributed by atoms with Crippen molar-refractivity contribution >= 4 is 23.2 Å². The third-order valence-electron chi connectivity index (χ3n) is 4.07. The topological polar surface area (TPSA) is 38.5 Å². The number of ether oxygens (including phenoxy) is 1. The maximum atomic E-state index is 6.01.